The first-order valence-electron chi connectivity index (χ1n) is 18.1. The molecule has 4 saturated carbocycles. The van der Waals surface area contributed by atoms with Crippen molar-refractivity contribution >= 4 is 5.97 Å². The quantitative estimate of drug-likeness (QED) is 0.0986. The van der Waals surface area contributed by atoms with E-state index in [9.17, 15) is 45.6 Å². The average Bonchev–Trinajstić information content (AvgIpc) is 3.63. The Kier molecular flexibility index (Phi) is 9.80. The van der Waals surface area contributed by atoms with Crippen LogP contribution in [0, 0.1) is 28.6 Å². The summed E-state index contributed by atoms with van der Waals surface area (Å²) in [5.41, 5.74) is 1.03. The lowest BCUT2D eigenvalue weighted by atomic mass is 9.43. The largest absolute Gasteiger partial charge is 0.461 e. The van der Waals surface area contributed by atoms with E-state index < -0.39 is 80.2 Å². The normalized spacial score (nSPS) is 54.6. The molecule has 17 atom stereocenters. The lowest BCUT2D eigenvalue weighted by Gasteiger charge is -2.63. The van der Waals surface area contributed by atoms with Gasteiger partial charge >= 0.3 is 5.97 Å². The van der Waals surface area contributed by atoms with Crippen molar-refractivity contribution in [2.24, 2.45) is 28.6 Å². The van der Waals surface area contributed by atoms with Crippen molar-refractivity contribution in [1.82, 2.24) is 0 Å². The van der Waals surface area contributed by atoms with Gasteiger partial charge in [-0.15, -0.1) is 0 Å². The third-order valence-electron chi connectivity index (χ3n) is 14.1. The number of cyclic esters (lactones) is 1. The molecule has 0 aromatic rings. The van der Waals surface area contributed by atoms with Crippen molar-refractivity contribution in [3.8, 4) is 0 Å². The lowest BCUT2D eigenvalue weighted by molar-refractivity contribution is -0.373. The van der Waals surface area contributed by atoms with E-state index in [4.69, 9.17) is 23.7 Å². The number of hydrogen-bond acceptors (Lipinski definition) is 14. The Morgan fingerprint density at radius 1 is 0.776 bits per heavy atom. The summed E-state index contributed by atoms with van der Waals surface area (Å²) in [7, 11) is 0. The second kappa shape index (κ2) is 13.3. The fourth-order valence-corrected chi connectivity index (χ4v) is 11.2. The zero-order valence-electron chi connectivity index (χ0n) is 28.3. The summed E-state index contributed by atoms with van der Waals surface area (Å²) >= 11 is 0. The zero-order chi connectivity index (χ0) is 35.0. The predicted molar refractivity (Wildman–Crippen MR) is 167 cm³/mol. The monoisotopic (exact) mass is 698 g/mol. The summed E-state index contributed by atoms with van der Waals surface area (Å²) in [5.74, 6) is 0.560. The topological polar surface area (TPSA) is 225 Å². The zero-order valence-corrected chi connectivity index (χ0v) is 28.3. The summed E-state index contributed by atoms with van der Waals surface area (Å²) in [6.07, 6.45) is -7.60. The van der Waals surface area contributed by atoms with Crippen LogP contribution in [-0.2, 0) is 28.5 Å². The molecule has 17 unspecified atom stereocenters. The van der Waals surface area contributed by atoms with Gasteiger partial charge in [-0.3, -0.25) is 4.79 Å². The number of aliphatic hydroxyl groups is 8. The maximum absolute atomic E-state index is 12.5. The smallest absolute Gasteiger partial charge is 0.310 e. The van der Waals surface area contributed by atoms with E-state index in [1.54, 1.807) is 0 Å². The third kappa shape index (κ3) is 5.73. The van der Waals surface area contributed by atoms with Gasteiger partial charge in [0.2, 0.25) is 0 Å². The number of hydrogen-bond donors (Lipinski definition) is 8. The van der Waals surface area contributed by atoms with Crippen LogP contribution in [0.5, 0.6) is 0 Å². The van der Waals surface area contributed by atoms with Crippen LogP contribution in [0.1, 0.15) is 78.1 Å². The highest BCUT2D eigenvalue weighted by molar-refractivity contribution is 5.76. The van der Waals surface area contributed by atoms with Gasteiger partial charge in [-0.05, 0) is 86.5 Å². The third-order valence-corrected chi connectivity index (χ3v) is 14.1. The number of aliphatic hydroxyl groups excluding tert-OH is 7. The molecule has 0 amide bonds. The molecular weight excluding hydrogens is 644 g/mol. The van der Waals surface area contributed by atoms with E-state index in [0.29, 0.717) is 38.2 Å². The van der Waals surface area contributed by atoms with Crippen LogP contribution in [-0.4, -0.2) is 140 Å². The van der Waals surface area contributed by atoms with E-state index in [-0.39, 0.29) is 34.7 Å². The Hall–Kier alpha value is -1.27. The SMILES string of the molecule is CC12CCC(OC3OC(CO)C(O)C(O)C3OC3OC(CO)C(O)C(O)C3O)CC1CCC1C2CCC2(C)C(=C3COC(=O)C3)CCC12O. The molecule has 3 heterocycles. The molecule has 278 valence electrons. The Bertz CT molecular complexity index is 1280. The highest BCUT2D eigenvalue weighted by Crippen LogP contribution is 2.69. The molecule has 14 heteroatoms. The van der Waals surface area contributed by atoms with Crippen LogP contribution in [0.3, 0.4) is 0 Å². The standard InChI is InChI=1S/C35H54O14/c1-33-8-5-18(46-32-30(28(42)26(40)23(14-37)48-32)49-31-29(43)27(41)25(39)22(13-36)47-31)12-17(33)3-4-21-20(33)6-9-34(2)19(7-10-35(21,34)44)16-11-24(38)45-15-16/h17-18,20-23,25-32,36-37,39-44H,3-15H2,1-2H3. The van der Waals surface area contributed by atoms with Crippen LogP contribution < -0.4 is 0 Å². The summed E-state index contributed by atoms with van der Waals surface area (Å²) < 4.78 is 29.1. The summed E-state index contributed by atoms with van der Waals surface area (Å²) in [4.78, 5) is 11.9. The first kappa shape index (κ1) is 36.1. The van der Waals surface area contributed by atoms with Crippen molar-refractivity contribution < 1.29 is 69.3 Å². The fourth-order valence-electron chi connectivity index (χ4n) is 11.2. The molecule has 0 aromatic heterocycles. The van der Waals surface area contributed by atoms with E-state index in [1.807, 2.05) is 0 Å². The van der Waals surface area contributed by atoms with Gasteiger partial charge in [0.15, 0.2) is 12.6 Å². The average molecular weight is 699 g/mol. The highest BCUT2D eigenvalue weighted by atomic mass is 16.8. The number of esters is 1. The first-order chi connectivity index (χ1) is 23.3. The van der Waals surface area contributed by atoms with Gasteiger partial charge < -0.3 is 64.5 Å². The van der Waals surface area contributed by atoms with Crippen LogP contribution in [0.4, 0.5) is 0 Å². The maximum Gasteiger partial charge on any atom is 0.310 e. The Balaban J connectivity index is 1.06. The number of carbonyl (C=O) groups excluding carboxylic acids is 1. The Labute approximate surface area is 285 Å². The Morgan fingerprint density at radius 3 is 2.14 bits per heavy atom. The van der Waals surface area contributed by atoms with Gasteiger partial charge in [-0.25, -0.2) is 0 Å². The van der Waals surface area contributed by atoms with E-state index in [1.165, 1.54) is 5.57 Å². The molecule has 0 bridgehead atoms. The van der Waals surface area contributed by atoms with E-state index in [2.05, 4.69) is 13.8 Å². The molecule has 0 radical (unpaired) electrons. The van der Waals surface area contributed by atoms with Gasteiger partial charge in [-0.1, -0.05) is 19.4 Å². The first-order valence-corrected chi connectivity index (χ1v) is 18.1. The molecule has 0 spiro atoms. The molecular formula is C35H54O14. The van der Waals surface area contributed by atoms with Crippen molar-refractivity contribution in [2.75, 3.05) is 19.8 Å². The van der Waals surface area contributed by atoms with Gasteiger partial charge in [0.1, 0.15) is 55.4 Å². The maximum atomic E-state index is 12.5. The molecule has 7 aliphatic rings. The molecule has 7 fully saturated rings. The second-order valence-corrected chi connectivity index (χ2v) is 16.2. The van der Waals surface area contributed by atoms with Crippen molar-refractivity contribution in [3.05, 3.63) is 11.1 Å². The van der Waals surface area contributed by atoms with Gasteiger partial charge in [-0.2, -0.15) is 0 Å². The van der Waals surface area contributed by atoms with Gasteiger partial charge in [0.25, 0.3) is 0 Å². The van der Waals surface area contributed by atoms with Gasteiger partial charge in [0, 0.05) is 5.41 Å². The van der Waals surface area contributed by atoms with Crippen molar-refractivity contribution in [1.29, 1.82) is 0 Å². The van der Waals surface area contributed by atoms with Crippen LogP contribution >= 0.6 is 0 Å². The van der Waals surface area contributed by atoms with Crippen molar-refractivity contribution in [2.45, 2.75) is 151 Å². The molecule has 14 nitrogen and oxygen atoms in total. The van der Waals surface area contributed by atoms with Crippen LogP contribution in [0.15, 0.2) is 11.1 Å². The summed E-state index contributed by atoms with van der Waals surface area (Å²) in [5, 5.41) is 84.8. The number of carbonyl (C=O) groups is 1. The molecule has 4 aliphatic carbocycles. The number of rotatable bonds is 6. The van der Waals surface area contributed by atoms with Crippen molar-refractivity contribution in [3.63, 3.8) is 0 Å². The predicted octanol–water partition coefficient (Wildman–Crippen LogP) is -0.603. The second-order valence-electron chi connectivity index (χ2n) is 16.2. The van der Waals surface area contributed by atoms with Gasteiger partial charge in [0.05, 0.1) is 31.3 Å². The van der Waals surface area contributed by atoms with E-state index >= 15 is 0 Å². The molecule has 0 aromatic carbocycles. The van der Waals surface area contributed by atoms with E-state index in [0.717, 1.165) is 44.1 Å². The Morgan fingerprint density at radius 2 is 1.47 bits per heavy atom. The molecule has 49 heavy (non-hydrogen) atoms. The fraction of sp³-hybridized carbons (Fsp3) is 0.914. The molecule has 7 rings (SSSR count). The minimum atomic E-state index is -1.74. The minimum absolute atomic E-state index is 0.0365. The molecule has 3 aliphatic heterocycles. The van der Waals surface area contributed by atoms with Crippen LogP contribution in [0.25, 0.3) is 0 Å². The highest BCUT2D eigenvalue weighted by Gasteiger charge is 2.66. The summed E-state index contributed by atoms with van der Waals surface area (Å²) in [6.45, 7) is 3.61. The molecule has 3 saturated heterocycles. The number of ether oxygens (including phenoxy) is 5. The number of fused-ring (bicyclic) bond motifs is 5. The summed E-state index contributed by atoms with van der Waals surface area (Å²) in [6, 6.07) is 0. The molecule has 8 N–H and O–H groups in total. The minimum Gasteiger partial charge on any atom is -0.461 e. The van der Waals surface area contributed by atoms with Crippen LogP contribution in [0.2, 0.25) is 0 Å². The lowest BCUT2D eigenvalue weighted by Crippen LogP contribution is -2.65.